The Morgan fingerprint density at radius 3 is 2.70 bits per heavy atom. The number of carbonyl (C=O) groups excluding carboxylic acids is 1. The lowest BCUT2D eigenvalue weighted by molar-refractivity contribution is 0.103. The maximum atomic E-state index is 12.7. The van der Waals surface area contributed by atoms with E-state index in [4.69, 9.17) is 0 Å². The molecule has 0 spiro atoms. The van der Waals surface area contributed by atoms with E-state index in [0.29, 0.717) is 0 Å². The number of hydrogen-bond donors (Lipinski definition) is 1. The highest BCUT2D eigenvalue weighted by atomic mass is 32.2. The van der Waals surface area contributed by atoms with Gasteiger partial charge in [-0.1, -0.05) is 12.1 Å². The van der Waals surface area contributed by atoms with Crippen LogP contribution >= 0.6 is 23.1 Å². The monoisotopic (exact) mass is 400 g/mol. The molecular weight excluding hydrogens is 376 g/mol. The third-order valence-corrected chi connectivity index (χ3v) is 7.11. The van der Waals surface area contributed by atoms with Gasteiger partial charge in [0.05, 0.1) is 10.6 Å². The molecule has 1 saturated heterocycles. The van der Waals surface area contributed by atoms with Crippen molar-refractivity contribution in [3.8, 4) is 0 Å². The van der Waals surface area contributed by atoms with Crippen molar-refractivity contribution in [3.63, 3.8) is 0 Å². The quantitative estimate of drug-likeness (QED) is 0.718. The highest BCUT2D eigenvalue weighted by Gasteiger charge is 2.16. The van der Waals surface area contributed by atoms with Crippen molar-refractivity contribution in [2.75, 3.05) is 29.9 Å². The van der Waals surface area contributed by atoms with Crippen molar-refractivity contribution in [1.82, 2.24) is 14.7 Å². The molecule has 27 heavy (non-hydrogen) atoms. The van der Waals surface area contributed by atoms with Gasteiger partial charge in [0, 0.05) is 49.3 Å². The van der Waals surface area contributed by atoms with E-state index >= 15 is 0 Å². The molecule has 7 heteroatoms. The first-order chi connectivity index (χ1) is 13.0. The largest absolute Gasteiger partial charge is 0.321 e. The van der Waals surface area contributed by atoms with Crippen LogP contribution in [0.4, 0.5) is 5.69 Å². The summed E-state index contributed by atoms with van der Waals surface area (Å²) in [5.74, 6) is 2.38. The molecule has 3 aromatic rings. The summed E-state index contributed by atoms with van der Waals surface area (Å²) in [6, 6.07) is 8.29. The molecule has 0 saturated carbocycles. The van der Waals surface area contributed by atoms with Gasteiger partial charge in [-0.2, -0.15) is 16.9 Å². The Morgan fingerprint density at radius 2 is 2.00 bits per heavy atom. The number of fused-ring (bicyclic) bond motifs is 1. The van der Waals surface area contributed by atoms with Gasteiger partial charge in [0.25, 0.3) is 5.91 Å². The number of anilines is 1. The molecule has 3 heterocycles. The maximum absolute atomic E-state index is 12.7. The van der Waals surface area contributed by atoms with Gasteiger partial charge in [-0.3, -0.25) is 14.4 Å². The van der Waals surface area contributed by atoms with Gasteiger partial charge in [0.2, 0.25) is 0 Å². The van der Waals surface area contributed by atoms with Crippen LogP contribution in [0.15, 0.2) is 24.3 Å². The van der Waals surface area contributed by atoms with E-state index in [1.807, 2.05) is 42.5 Å². The van der Waals surface area contributed by atoms with E-state index < -0.39 is 0 Å². The summed E-state index contributed by atoms with van der Waals surface area (Å²) in [5.41, 5.74) is 4.25. The Hall–Kier alpha value is -1.83. The zero-order chi connectivity index (χ0) is 19.0. The molecule has 1 aliphatic rings. The second-order valence-electron chi connectivity index (χ2n) is 7.03. The van der Waals surface area contributed by atoms with Gasteiger partial charge in [-0.15, -0.1) is 11.3 Å². The number of aromatic nitrogens is 2. The van der Waals surface area contributed by atoms with Crippen LogP contribution in [0.3, 0.4) is 0 Å². The van der Waals surface area contributed by atoms with Crippen LogP contribution in [0, 0.1) is 13.8 Å². The highest BCUT2D eigenvalue weighted by molar-refractivity contribution is 7.99. The third kappa shape index (κ3) is 3.90. The van der Waals surface area contributed by atoms with Crippen LogP contribution in [0.5, 0.6) is 0 Å². The number of nitrogens with zero attached hydrogens (tertiary/aromatic N) is 3. The van der Waals surface area contributed by atoms with E-state index in [0.717, 1.165) is 51.7 Å². The number of carbonyl (C=O) groups is 1. The fraction of sp³-hybridized carbons (Fsp3) is 0.400. The zero-order valence-electron chi connectivity index (χ0n) is 15.9. The number of thiophene rings is 1. The number of hydrogen-bond acceptors (Lipinski definition) is 5. The molecule has 1 fully saturated rings. The molecule has 0 aliphatic carbocycles. The minimum absolute atomic E-state index is 0.0560. The molecular formula is C20H24N4OS2. The number of benzene rings is 1. The first-order valence-corrected chi connectivity index (χ1v) is 11.1. The Bertz CT molecular complexity index is 951. The summed E-state index contributed by atoms with van der Waals surface area (Å²) in [6.07, 6.45) is 0. The molecule has 5 nitrogen and oxygen atoms in total. The smallest absolute Gasteiger partial charge is 0.265 e. The summed E-state index contributed by atoms with van der Waals surface area (Å²) >= 11 is 3.51. The lowest BCUT2D eigenvalue weighted by atomic mass is 10.1. The molecule has 0 atom stereocenters. The Balaban J connectivity index is 1.47. The van der Waals surface area contributed by atoms with Crippen LogP contribution < -0.4 is 5.32 Å². The fourth-order valence-corrected chi connectivity index (χ4v) is 5.48. The Morgan fingerprint density at radius 1 is 1.22 bits per heavy atom. The van der Waals surface area contributed by atoms with Crippen molar-refractivity contribution >= 4 is 44.9 Å². The molecule has 1 aliphatic heterocycles. The van der Waals surface area contributed by atoms with Gasteiger partial charge in [0.1, 0.15) is 4.83 Å². The van der Waals surface area contributed by atoms with Crippen molar-refractivity contribution in [1.29, 1.82) is 0 Å². The second-order valence-corrected chi connectivity index (χ2v) is 9.29. The van der Waals surface area contributed by atoms with E-state index in [9.17, 15) is 4.79 Å². The first-order valence-electron chi connectivity index (χ1n) is 9.15. The highest BCUT2D eigenvalue weighted by Crippen LogP contribution is 2.28. The molecule has 0 radical (unpaired) electrons. The molecule has 2 aromatic heterocycles. The number of rotatable bonds is 4. The molecule has 0 bridgehead atoms. The van der Waals surface area contributed by atoms with Crippen molar-refractivity contribution in [2.24, 2.45) is 7.05 Å². The normalized spacial score (nSPS) is 15.4. The lowest BCUT2D eigenvalue weighted by Crippen LogP contribution is -2.31. The van der Waals surface area contributed by atoms with E-state index in [-0.39, 0.29) is 5.91 Å². The minimum atomic E-state index is -0.0560. The molecule has 0 unspecified atom stereocenters. The lowest BCUT2D eigenvalue weighted by Gasteiger charge is -2.26. The number of nitrogens with one attached hydrogen (secondary N) is 1. The molecule has 1 aromatic carbocycles. The SMILES string of the molecule is Cc1cc(CN2CCSCC2)ccc1NC(=O)c1cc2c(C)nn(C)c2s1. The van der Waals surface area contributed by atoms with Crippen molar-refractivity contribution in [2.45, 2.75) is 20.4 Å². The van der Waals surface area contributed by atoms with Gasteiger partial charge >= 0.3 is 0 Å². The van der Waals surface area contributed by atoms with Crippen LogP contribution in [0.1, 0.15) is 26.5 Å². The number of amides is 1. The van der Waals surface area contributed by atoms with Crippen LogP contribution in [-0.4, -0.2) is 45.2 Å². The second kappa shape index (κ2) is 7.66. The molecule has 1 amide bonds. The zero-order valence-corrected chi connectivity index (χ0v) is 17.5. The van der Waals surface area contributed by atoms with Crippen LogP contribution in [0.2, 0.25) is 0 Å². The Labute approximate surface area is 167 Å². The average molecular weight is 401 g/mol. The van der Waals surface area contributed by atoms with Crippen molar-refractivity contribution < 1.29 is 4.79 Å². The van der Waals surface area contributed by atoms with Crippen LogP contribution in [-0.2, 0) is 13.6 Å². The summed E-state index contributed by atoms with van der Waals surface area (Å²) in [4.78, 5) is 17.0. The summed E-state index contributed by atoms with van der Waals surface area (Å²) in [6.45, 7) is 7.33. The first kappa shape index (κ1) is 18.5. The maximum Gasteiger partial charge on any atom is 0.265 e. The predicted octanol–water partition coefficient (Wildman–Crippen LogP) is 4.05. The summed E-state index contributed by atoms with van der Waals surface area (Å²) < 4.78 is 1.84. The standard InChI is InChI=1S/C20H24N4OS2/c1-13-10-15(12-24-6-8-26-9-7-24)4-5-17(13)21-19(25)18-11-16-14(2)22-23(3)20(16)27-18/h4-5,10-11H,6-9,12H2,1-3H3,(H,21,25). The molecule has 142 valence electrons. The minimum Gasteiger partial charge on any atom is -0.321 e. The van der Waals surface area contributed by atoms with E-state index in [2.05, 4.69) is 34.4 Å². The number of thioether (sulfide) groups is 1. The van der Waals surface area contributed by atoms with Gasteiger partial charge in [0.15, 0.2) is 0 Å². The van der Waals surface area contributed by atoms with Gasteiger partial charge in [-0.25, -0.2) is 0 Å². The fourth-order valence-electron chi connectivity index (χ4n) is 3.48. The van der Waals surface area contributed by atoms with E-state index in [1.54, 1.807) is 0 Å². The van der Waals surface area contributed by atoms with Gasteiger partial charge in [-0.05, 0) is 37.1 Å². The summed E-state index contributed by atoms with van der Waals surface area (Å²) in [7, 11) is 1.91. The topological polar surface area (TPSA) is 50.2 Å². The van der Waals surface area contributed by atoms with Crippen LogP contribution in [0.25, 0.3) is 10.2 Å². The van der Waals surface area contributed by atoms with E-state index in [1.165, 1.54) is 28.4 Å². The Kier molecular flexibility index (Phi) is 5.25. The summed E-state index contributed by atoms with van der Waals surface area (Å²) in [5, 5.41) is 8.52. The third-order valence-electron chi connectivity index (χ3n) is 4.97. The van der Waals surface area contributed by atoms with Crippen molar-refractivity contribution in [3.05, 3.63) is 46.0 Å². The molecule has 4 rings (SSSR count). The molecule has 1 N–H and O–H groups in total. The van der Waals surface area contributed by atoms with Gasteiger partial charge < -0.3 is 5.32 Å². The number of aryl methyl sites for hydroxylation is 3. The average Bonchev–Trinajstić information content (AvgIpc) is 3.20. The predicted molar refractivity (Wildman–Crippen MR) is 115 cm³/mol.